The third-order valence-corrected chi connectivity index (χ3v) is 4.77. The Hall–Kier alpha value is -3.09. The third kappa shape index (κ3) is 5.09. The Morgan fingerprint density at radius 1 is 1.20 bits per heavy atom. The van der Waals surface area contributed by atoms with Gasteiger partial charge in [-0.25, -0.2) is 0 Å². The number of allylic oxidation sites excluding steroid dienone is 1. The number of oxime groups is 1. The van der Waals surface area contributed by atoms with E-state index in [9.17, 15) is 0 Å². The van der Waals surface area contributed by atoms with Gasteiger partial charge in [-0.3, -0.25) is 0 Å². The molecule has 0 fully saturated rings. The van der Waals surface area contributed by atoms with Crippen molar-refractivity contribution in [2.75, 3.05) is 19.8 Å². The van der Waals surface area contributed by atoms with Gasteiger partial charge in [-0.2, -0.15) is 0 Å². The molecule has 0 spiro atoms. The summed E-state index contributed by atoms with van der Waals surface area (Å²) < 4.78 is 5.50. The topological polar surface area (TPSA) is 78.9 Å². The van der Waals surface area contributed by atoms with E-state index < -0.39 is 0 Å². The summed E-state index contributed by atoms with van der Waals surface area (Å²) in [6.45, 7) is 7.80. The minimum Gasteiger partial charge on any atom is -0.494 e. The highest BCUT2D eigenvalue weighted by atomic mass is 16.6. The lowest BCUT2D eigenvalue weighted by molar-refractivity contribution is 0.292. The summed E-state index contributed by atoms with van der Waals surface area (Å²) in [5.41, 5.74) is 4.90. The number of aromatic nitrogens is 1. The number of benzene rings is 2. The maximum absolute atomic E-state index is 9.01. The number of nitrogens with one attached hydrogen (secondary N) is 2. The van der Waals surface area contributed by atoms with Crippen molar-refractivity contribution in [3.05, 3.63) is 71.4 Å². The van der Waals surface area contributed by atoms with Crippen LogP contribution in [-0.4, -0.2) is 35.6 Å². The van der Waals surface area contributed by atoms with Crippen molar-refractivity contribution in [2.45, 2.75) is 27.3 Å². The van der Waals surface area contributed by atoms with Crippen LogP contribution in [0.1, 0.15) is 37.5 Å². The van der Waals surface area contributed by atoms with Crippen molar-refractivity contribution in [3.63, 3.8) is 0 Å². The molecule has 3 N–H and O–H groups in total. The van der Waals surface area contributed by atoms with Crippen LogP contribution in [0, 0.1) is 0 Å². The number of hydrogen-bond donors (Lipinski definition) is 3. The lowest BCUT2D eigenvalue weighted by Crippen LogP contribution is -2.17. The molecule has 3 rings (SSSR count). The van der Waals surface area contributed by atoms with Crippen molar-refractivity contribution in [1.29, 1.82) is 0 Å². The molecule has 0 unspecified atom stereocenters. The molecule has 6 nitrogen and oxygen atoms in total. The predicted molar refractivity (Wildman–Crippen MR) is 122 cm³/mol. The number of hydrogen-bond acceptors (Lipinski definition) is 5. The van der Waals surface area contributed by atoms with Crippen LogP contribution >= 0.6 is 0 Å². The summed E-state index contributed by atoms with van der Waals surface area (Å²) in [6.07, 6.45) is 3.89. The van der Waals surface area contributed by atoms with E-state index in [0.29, 0.717) is 25.5 Å². The van der Waals surface area contributed by atoms with Crippen molar-refractivity contribution in [3.8, 4) is 5.75 Å². The molecular formula is C24H29N3O3. The number of nitrogens with zero attached hydrogens (tertiary/aromatic N) is 1. The fourth-order valence-electron chi connectivity index (χ4n) is 3.32. The zero-order valence-electron chi connectivity index (χ0n) is 17.7. The van der Waals surface area contributed by atoms with Crippen LogP contribution in [0.25, 0.3) is 16.7 Å². The van der Waals surface area contributed by atoms with Crippen LogP contribution in [0.5, 0.6) is 5.75 Å². The molecule has 0 atom stereocenters. The lowest BCUT2D eigenvalue weighted by atomic mass is 10.0. The van der Waals surface area contributed by atoms with E-state index in [1.807, 2.05) is 75.5 Å². The molecule has 1 heterocycles. The van der Waals surface area contributed by atoms with E-state index >= 15 is 0 Å². The Kier molecular flexibility index (Phi) is 7.65. The quantitative estimate of drug-likeness (QED) is 0.201. The molecule has 0 aliphatic heterocycles. The number of ether oxygens (including phenoxy) is 1. The first-order chi connectivity index (χ1) is 14.7. The maximum atomic E-state index is 9.01. The molecule has 0 saturated carbocycles. The van der Waals surface area contributed by atoms with E-state index in [0.717, 1.165) is 39.1 Å². The summed E-state index contributed by atoms with van der Waals surface area (Å²) in [4.78, 5) is 9.11. The number of aliphatic hydroxyl groups excluding tert-OH is 1. The van der Waals surface area contributed by atoms with Gasteiger partial charge in [0, 0.05) is 41.3 Å². The van der Waals surface area contributed by atoms with Crippen LogP contribution in [-0.2, 0) is 11.4 Å². The van der Waals surface area contributed by atoms with Gasteiger partial charge in [-0.05, 0) is 62.7 Å². The van der Waals surface area contributed by atoms with Gasteiger partial charge >= 0.3 is 0 Å². The number of rotatable bonds is 10. The van der Waals surface area contributed by atoms with Crippen LogP contribution in [0.15, 0.2) is 59.9 Å². The van der Waals surface area contributed by atoms with Gasteiger partial charge in [0.1, 0.15) is 5.75 Å². The van der Waals surface area contributed by atoms with Gasteiger partial charge < -0.3 is 25.0 Å². The Morgan fingerprint density at radius 2 is 2.00 bits per heavy atom. The molecule has 0 amide bonds. The molecule has 2 aromatic carbocycles. The highest BCUT2D eigenvalue weighted by Gasteiger charge is 2.11. The minimum atomic E-state index is 0.112. The van der Waals surface area contributed by atoms with Crippen LogP contribution in [0.4, 0.5) is 0 Å². The SMILES string of the molecule is C/C=C(\O/N=C(\C)c1cccc2[nH]cc(CNCCO)c12)c1ccc(OCC)cc1. The molecule has 0 aliphatic rings. The normalized spacial score (nSPS) is 12.4. The highest BCUT2D eigenvalue weighted by molar-refractivity contribution is 6.10. The van der Waals surface area contributed by atoms with Crippen molar-refractivity contribution in [1.82, 2.24) is 10.3 Å². The van der Waals surface area contributed by atoms with Gasteiger partial charge in [0.25, 0.3) is 0 Å². The molecule has 1 aromatic heterocycles. The minimum absolute atomic E-state index is 0.112. The summed E-state index contributed by atoms with van der Waals surface area (Å²) in [5, 5.41) is 17.8. The second kappa shape index (κ2) is 10.6. The number of fused-ring (bicyclic) bond motifs is 1. The summed E-state index contributed by atoms with van der Waals surface area (Å²) in [5.74, 6) is 1.52. The monoisotopic (exact) mass is 407 g/mol. The van der Waals surface area contributed by atoms with Gasteiger partial charge in [0.15, 0.2) is 5.76 Å². The van der Waals surface area contributed by atoms with Crippen molar-refractivity contribution < 1.29 is 14.7 Å². The largest absolute Gasteiger partial charge is 0.494 e. The van der Waals surface area contributed by atoms with Gasteiger partial charge in [-0.15, -0.1) is 0 Å². The Labute approximate surface area is 177 Å². The Balaban J connectivity index is 1.82. The van der Waals surface area contributed by atoms with E-state index in [1.54, 1.807) is 0 Å². The predicted octanol–water partition coefficient (Wildman–Crippen LogP) is 4.45. The molecule has 0 saturated heterocycles. The Bertz CT molecular complexity index is 1020. The van der Waals surface area contributed by atoms with Crippen LogP contribution in [0.3, 0.4) is 0 Å². The average molecular weight is 408 g/mol. The summed E-state index contributed by atoms with van der Waals surface area (Å²) in [7, 11) is 0. The second-order valence-corrected chi connectivity index (χ2v) is 6.82. The zero-order chi connectivity index (χ0) is 21.3. The van der Waals surface area contributed by atoms with E-state index in [2.05, 4.69) is 15.5 Å². The molecule has 0 bridgehead atoms. The van der Waals surface area contributed by atoms with Gasteiger partial charge in [0.05, 0.1) is 18.9 Å². The summed E-state index contributed by atoms with van der Waals surface area (Å²) >= 11 is 0. The molecule has 30 heavy (non-hydrogen) atoms. The fraction of sp³-hybridized carbons (Fsp3) is 0.292. The smallest absolute Gasteiger partial charge is 0.160 e. The number of H-pyrrole nitrogens is 1. The van der Waals surface area contributed by atoms with Crippen LogP contribution < -0.4 is 10.1 Å². The molecule has 0 aliphatic carbocycles. The number of aromatic amines is 1. The number of aliphatic hydroxyl groups is 1. The van der Waals surface area contributed by atoms with Crippen molar-refractivity contribution in [2.24, 2.45) is 5.16 Å². The standard InChI is InChI=1S/C24H29N3O3/c1-4-23(18-9-11-20(12-10-18)29-5-2)30-27-17(3)21-7-6-8-22-24(21)19(16-26-22)15-25-13-14-28/h4,6-12,16,25-26,28H,5,13-15H2,1-3H3/b23-4-,27-17+. The molecule has 158 valence electrons. The first-order valence-electron chi connectivity index (χ1n) is 10.2. The van der Waals surface area contributed by atoms with Crippen molar-refractivity contribution >= 4 is 22.4 Å². The molecule has 0 radical (unpaired) electrons. The zero-order valence-corrected chi connectivity index (χ0v) is 17.7. The molecular weight excluding hydrogens is 378 g/mol. The first kappa shape index (κ1) is 21.6. The maximum Gasteiger partial charge on any atom is 0.160 e. The molecule has 3 aromatic rings. The van der Waals surface area contributed by atoms with E-state index in [-0.39, 0.29) is 6.61 Å². The van der Waals surface area contributed by atoms with E-state index in [1.165, 1.54) is 0 Å². The second-order valence-electron chi connectivity index (χ2n) is 6.82. The summed E-state index contributed by atoms with van der Waals surface area (Å²) in [6, 6.07) is 13.9. The van der Waals surface area contributed by atoms with Crippen LogP contribution in [0.2, 0.25) is 0 Å². The first-order valence-corrected chi connectivity index (χ1v) is 10.2. The molecule has 6 heteroatoms. The van der Waals surface area contributed by atoms with Gasteiger partial charge in [0.2, 0.25) is 0 Å². The highest BCUT2D eigenvalue weighted by Crippen LogP contribution is 2.25. The Morgan fingerprint density at radius 3 is 2.70 bits per heavy atom. The fourth-order valence-corrected chi connectivity index (χ4v) is 3.32. The average Bonchev–Trinajstić information content (AvgIpc) is 3.19. The van der Waals surface area contributed by atoms with Gasteiger partial charge in [-0.1, -0.05) is 17.3 Å². The van der Waals surface area contributed by atoms with E-state index in [4.69, 9.17) is 14.7 Å². The third-order valence-electron chi connectivity index (χ3n) is 4.77. The lowest BCUT2D eigenvalue weighted by Gasteiger charge is -2.09.